The third kappa shape index (κ3) is 4.43. The lowest BCUT2D eigenvalue weighted by atomic mass is 9.97. The molecule has 0 radical (unpaired) electrons. The van der Waals surface area contributed by atoms with Crippen molar-refractivity contribution >= 4 is 27.3 Å². The number of Topliss-reactive ketones (excluding diaryl/α,β-unsaturated/α-hetero) is 1. The minimum absolute atomic E-state index is 0.000532. The SMILES string of the molecule is CC.CCC(=O)/C(=C\Br)c1cc(F)ccc1C. The van der Waals surface area contributed by atoms with Crippen LogP contribution in [0.1, 0.15) is 38.3 Å². The number of ketones is 1. The third-order valence-electron chi connectivity index (χ3n) is 2.22. The average Bonchev–Trinajstić information content (AvgIpc) is 2.36. The summed E-state index contributed by atoms with van der Waals surface area (Å²) >= 11 is 3.15. The van der Waals surface area contributed by atoms with Gasteiger partial charge in [0.25, 0.3) is 0 Å². The monoisotopic (exact) mass is 300 g/mol. The summed E-state index contributed by atoms with van der Waals surface area (Å²) in [7, 11) is 0. The highest BCUT2D eigenvalue weighted by Gasteiger charge is 2.12. The Hall–Kier alpha value is -0.960. The molecule has 0 aliphatic carbocycles. The van der Waals surface area contributed by atoms with Crippen molar-refractivity contribution in [3.63, 3.8) is 0 Å². The molecule has 0 spiro atoms. The van der Waals surface area contributed by atoms with Gasteiger partial charge in [-0.2, -0.15) is 0 Å². The Morgan fingerprint density at radius 2 is 2.00 bits per heavy atom. The summed E-state index contributed by atoms with van der Waals surface area (Å²) < 4.78 is 13.1. The van der Waals surface area contributed by atoms with Crippen LogP contribution in [0.3, 0.4) is 0 Å². The van der Waals surface area contributed by atoms with Crippen molar-refractivity contribution in [2.24, 2.45) is 0 Å². The fourth-order valence-corrected chi connectivity index (χ4v) is 1.85. The first kappa shape index (κ1) is 16.0. The second-order valence-electron chi connectivity index (χ2n) is 3.26. The summed E-state index contributed by atoms with van der Waals surface area (Å²) in [5.41, 5.74) is 2.07. The summed E-state index contributed by atoms with van der Waals surface area (Å²) in [4.78, 5) is 13.1. The van der Waals surface area contributed by atoms with Crippen LogP contribution in [-0.4, -0.2) is 5.78 Å². The van der Waals surface area contributed by atoms with Crippen LogP contribution in [0, 0.1) is 12.7 Å². The highest BCUT2D eigenvalue weighted by atomic mass is 79.9. The van der Waals surface area contributed by atoms with E-state index in [9.17, 15) is 9.18 Å². The quantitative estimate of drug-likeness (QED) is 0.728. The van der Waals surface area contributed by atoms with Crippen LogP contribution in [0.2, 0.25) is 0 Å². The Morgan fingerprint density at radius 1 is 1.41 bits per heavy atom. The van der Waals surface area contributed by atoms with Crippen molar-refractivity contribution in [1.29, 1.82) is 0 Å². The van der Waals surface area contributed by atoms with Crippen molar-refractivity contribution < 1.29 is 9.18 Å². The summed E-state index contributed by atoms with van der Waals surface area (Å²) in [6.07, 6.45) is 0.410. The molecule has 0 atom stereocenters. The molecule has 0 saturated carbocycles. The molecule has 0 aliphatic heterocycles. The molecule has 1 nitrogen and oxygen atoms in total. The first-order valence-electron chi connectivity index (χ1n) is 5.70. The Morgan fingerprint density at radius 3 is 2.47 bits per heavy atom. The predicted molar refractivity (Wildman–Crippen MR) is 74.7 cm³/mol. The maximum absolute atomic E-state index is 13.1. The van der Waals surface area contributed by atoms with Gasteiger partial charge < -0.3 is 0 Å². The van der Waals surface area contributed by atoms with Crippen LogP contribution in [0.5, 0.6) is 0 Å². The summed E-state index contributed by atoms with van der Waals surface area (Å²) in [6.45, 7) is 7.64. The smallest absolute Gasteiger partial charge is 0.163 e. The van der Waals surface area contributed by atoms with E-state index in [-0.39, 0.29) is 11.6 Å². The summed E-state index contributed by atoms with van der Waals surface area (Å²) in [5.74, 6) is -0.327. The molecule has 0 saturated heterocycles. The summed E-state index contributed by atoms with van der Waals surface area (Å²) in [6, 6.07) is 4.45. The third-order valence-corrected chi connectivity index (χ3v) is 2.68. The molecule has 1 aromatic carbocycles. The van der Waals surface area contributed by atoms with Crippen molar-refractivity contribution in [2.75, 3.05) is 0 Å². The highest BCUT2D eigenvalue weighted by molar-refractivity contribution is 9.11. The molecule has 0 fully saturated rings. The van der Waals surface area contributed by atoms with Crippen LogP contribution in [0.4, 0.5) is 4.39 Å². The van der Waals surface area contributed by atoms with Gasteiger partial charge in [0.1, 0.15) is 5.82 Å². The lowest BCUT2D eigenvalue weighted by Crippen LogP contribution is -2.01. The van der Waals surface area contributed by atoms with E-state index < -0.39 is 0 Å². The van der Waals surface area contributed by atoms with E-state index in [4.69, 9.17) is 0 Å². The lowest BCUT2D eigenvalue weighted by molar-refractivity contribution is -0.113. The Labute approximate surface area is 111 Å². The van der Waals surface area contributed by atoms with Gasteiger partial charge in [-0.25, -0.2) is 4.39 Å². The number of halogens is 2. The number of hydrogen-bond donors (Lipinski definition) is 0. The van der Waals surface area contributed by atoms with Crippen molar-refractivity contribution in [3.05, 3.63) is 40.1 Å². The van der Waals surface area contributed by atoms with E-state index in [0.29, 0.717) is 17.6 Å². The molecule has 0 bridgehead atoms. The molecule has 0 amide bonds. The number of carbonyl (C=O) groups is 1. The normalized spacial score (nSPS) is 10.6. The predicted octanol–water partition coefficient (Wildman–Crippen LogP) is 4.88. The van der Waals surface area contributed by atoms with E-state index in [1.807, 2.05) is 20.8 Å². The van der Waals surface area contributed by atoms with E-state index in [1.165, 1.54) is 12.1 Å². The zero-order valence-electron chi connectivity index (χ0n) is 10.7. The molecule has 17 heavy (non-hydrogen) atoms. The number of allylic oxidation sites excluding steroid dienone is 1. The van der Waals surface area contributed by atoms with Crippen molar-refractivity contribution in [2.45, 2.75) is 34.1 Å². The molecule has 94 valence electrons. The van der Waals surface area contributed by atoms with Crippen LogP contribution in [0.15, 0.2) is 23.2 Å². The highest BCUT2D eigenvalue weighted by Crippen LogP contribution is 2.23. The number of rotatable bonds is 3. The maximum atomic E-state index is 13.1. The van der Waals surface area contributed by atoms with E-state index in [2.05, 4.69) is 15.9 Å². The standard InChI is InChI=1S/C12H12BrFO.C2H6/c1-3-12(15)11(7-13)10-6-9(14)5-4-8(10)2;1-2/h4-7H,3H2,1-2H3;1-2H3/b11-7-;. The van der Waals surface area contributed by atoms with E-state index >= 15 is 0 Å². The molecule has 0 unspecified atom stereocenters. The topological polar surface area (TPSA) is 17.1 Å². The Kier molecular flexibility index (Phi) is 7.72. The van der Waals surface area contributed by atoms with Crippen LogP contribution < -0.4 is 0 Å². The molecule has 0 aliphatic rings. The van der Waals surface area contributed by atoms with Gasteiger partial charge in [0.15, 0.2) is 5.78 Å². The fourth-order valence-electron chi connectivity index (χ4n) is 1.34. The average molecular weight is 301 g/mol. The second kappa shape index (κ2) is 8.18. The maximum Gasteiger partial charge on any atom is 0.163 e. The molecule has 1 aromatic rings. The zero-order valence-corrected chi connectivity index (χ0v) is 12.3. The van der Waals surface area contributed by atoms with Gasteiger partial charge in [-0.3, -0.25) is 4.79 Å². The Balaban J connectivity index is 0.00000121. The minimum Gasteiger partial charge on any atom is -0.294 e. The molecule has 3 heteroatoms. The number of aryl methyl sites for hydroxylation is 1. The van der Waals surface area contributed by atoms with Crippen LogP contribution >= 0.6 is 15.9 Å². The molecular formula is C14H18BrFO. The molecule has 0 heterocycles. The second-order valence-corrected chi connectivity index (χ2v) is 3.72. The first-order valence-corrected chi connectivity index (χ1v) is 6.61. The number of hydrogen-bond acceptors (Lipinski definition) is 1. The van der Waals surface area contributed by atoms with Gasteiger partial charge >= 0.3 is 0 Å². The van der Waals surface area contributed by atoms with Gasteiger partial charge in [0.2, 0.25) is 0 Å². The van der Waals surface area contributed by atoms with Gasteiger partial charge in [-0.15, -0.1) is 0 Å². The van der Waals surface area contributed by atoms with Gasteiger partial charge in [-0.05, 0) is 35.2 Å². The molecule has 0 N–H and O–H groups in total. The van der Waals surface area contributed by atoms with Crippen molar-refractivity contribution in [3.8, 4) is 0 Å². The minimum atomic E-state index is -0.327. The van der Waals surface area contributed by atoms with Gasteiger partial charge in [-0.1, -0.05) is 42.8 Å². The number of benzene rings is 1. The van der Waals surface area contributed by atoms with E-state index in [1.54, 1.807) is 18.0 Å². The first-order chi connectivity index (χ1) is 8.10. The zero-order chi connectivity index (χ0) is 13.4. The Bertz CT molecular complexity index is 411. The van der Waals surface area contributed by atoms with Gasteiger partial charge in [0, 0.05) is 12.0 Å². The number of carbonyl (C=O) groups excluding carboxylic acids is 1. The van der Waals surface area contributed by atoms with Gasteiger partial charge in [0.05, 0.1) is 0 Å². The summed E-state index contributed by atoms with van der Waals surface area (Å²) in [5, 5.41) is 0. The largest absolute Gasteiger partial charge is 0.294 e. The molecule has 1 rings (SSSR count). The fraction of sp³-hybridized carbons (Fsp3) is 0.357. The lowest BCUT2D eigenvalue weighted by Gasteiger charge is -2.08. The molecular weight excluding hydrogens is 283 g/mol. The van der Waals surface area contributed by atoms with E-state index in [0.717, 1.165) is 5.56 Å². The van der Waals surface area contributed by atoms with Crippen molar-refractivity contribution in [1.82, 2.24) is 0 Å². The van der Waals surface area contributed by atoms with Crippen LogP contribution in [0.25, 0.3) is 5.57 Å². The molecule has 0 aromatic heterocycles. The van der Waals surface area contributed by atoms with Crippen LogP contribution in [-0.2, 0) is 4.79 Å².